The van der Waals surface area contributed by atoms with Crippen LogP contribution in [0.4, 0.5) is 4.79 Å². The first-order valence-corrected chi connectivity index (χ1v) is 12.9. The number of amides is 2. The van der Waals surface area contributed by atoms with E-state index in [4.69, 9.17) is 16.3 Å². The number of piperidine rings is 1. The number of rotatable bonds is 8. The second-order valence-corrected chi connectivity index (χ2v) is 9.97. The van der Waals surface area contributed by atoms with E-state index < -0.39 is 6.09 Å². The van der Waals surface area contributed by atoms with Crippen LogP contribution >= 0.6 is 11.6 Å². The summed E-state index contributed by atoms with van der Waals surface area (Å²) in [5, 5.41) is 13.1. The van der Waals surface area contributed by atoms with E-state index in [1.807, 2.05) is 48.5 Å². The van der Waals surface area contributed by atoms with Crippen molar-refractivity contribution >= 4 is 23.6 Å². The van der Waals surface area contributed by atoms with Crippen molar-refractivity contribution in [1.29, 1.82) is 0 Å². The molecule has 2 heterocycles. The number of carboxylic acid groups (broad SMARTS) is 1. The topological polar surface area (TPSA) is 101 Å². The molecule has 0 bridgehead atoms. The minimum atomic E-state index is -0.961. The number of aromatic nitrogens is 1. The highest BCUT2D eigenvalue weighted by atomic mass is 35.5. The summed E-state index contributed by atoms with van der Waals surface area (Å²) in [5.74, 6) is -0.392. The Morgan fingerprint density at radius 2 is 1.92 bits per heavy atom. The number of benzene rings is 2. The van der Waals surface area contributed by atoms with Crippen LogP contribution in [0.3, 0.4) is 0 Å². The molecule has 1 aromatic heterocycles. The van der Waals surface area contributed by atoms with Gasteiger partial charge in [0.2, 0.25) is 5.91 Å². The van der Waals surface area contributed by atoms with Crippen molar-refractivity contribution in [3.63, 3.8) is 0 Å². The molecular formula is C29H32ClN3O5. The van der Waals surface area contributed by atoms with Crippen molar-refractivity contribution in [2.24, 2.45) is 7.05 Å². The molecule has 2 aromatic carbocycles. The fourth-order valence-electron chi connectivity index (χ4n) is 5.17. The predicted octanol–water partition coefficient (Wildman–Crippen LogP) is 4.26. The van der Waals surface area contributed by atoms with E-state index in [1.165, 1.54) is 16.6 Å². The SMILES string of the molecule is COCC(=O)NCCc1ccccc1-c1ccc(C2CN(C(=O)O)CCC2c2ccn(C)c(=O)c2)c(Cl)c1. The second kappa shape index (κ2) is 12.3. The van der Waals surface area contributed by atoms with Gasteiger partial charge < -0.3 is 24.6 Å². The highest BCUT2D eigenvalue weighted by Crippen LogP contribution is 2.43. The number of hydrogen-bond donors (Lipinski definition) is 2. The molecule has 1 saturated heterocycles. The molecule has 4 rings (SSSR count). The number of hydrogen-bond acceptors (Lipinski definition) is 4. The molecule has 1 aliphatic heterocycles. The van der Waals surface area contributed by atoms with Crippen LogP contribution in [0.5, 0.6) is 0 Å². The summed E-state index contributed by atoms with van der Waals surface area (Å²) in [6, 6.07) is 17.4. The fraction of sp³-hybridized carbons (Fsp3) is 0.345. The number of nitrogens with zero attached hydrogens (tertiary/aromatic N) is 2. The van der Waals surface area contributed by atoms with Crippen LogP contribution in [-0.2, 0) is 23.0 Å². The molecule has 0 radical (unpaired) electrons. The van der Waals surface area contributed by atoms with Crippen molar-refractivity contribution in [3.05, 3.63) is 92.9 Å². The molecule has 3 aromatic rings. The van der Waals surface area contributed by atoms with Crippen LogP contribution in [0, 0.1) is 0 Å². The Morgan fingerprint density at radius 1 is 1.13 bits per heavy atom. The minimum Gasteiger partial charge on any atom is -0.465 e. The quantitative estimate of drug-likeness (QED) is 0.447. The zero-order chi connectivity index (χ0) is 27.2. The van der Waals surface area contributed by atoms with Gasteiger partial charge in [0.1, 0.15) is 6.61 Å². The van der Waals surface area contributed by atoms with Crippen molar-refractivity contribution < 1.29 is 19.4 Å². The Bertz CT molecular complexity index is 1370. The van der Waals surface area contributed by atoms with E-state index in [-0.39, 0.29) is 29.9 Å². The number of ether oxygens (including phenoxy) is 1. The van der Waals surface area contributed by atoms with Gasteiger partial charge in [-0.1, -0.05) is 48.0 Å². The van der Waals surface area contributed by atoms with Crippen LogP contribution < -0.4 is 10.9 Å². The summed E-state index contributed by atoms with van der Waals surface area (Å²) in [4.78, 5) is 37.3. The maximum Gasteiger partial charge on any atom is 0.407 e. The van der Waals surface area contributed by atoms with E-state index in [0.717, 1.165) is 27.8 Å². The summed E-state index contributed by atoms with van der Waals surface area (Å²) in [6.45, 7) is 1.20. The van der Waals surface area contributed by atoms with Gasteiger partial charge in [-0.15, -0.1) is 0 Å². The molecule has 2 N–H and O–H groups in total. The van der Waals surface area contributed by atoms with Gasteiger partial charge in [0.05, 0.1) is 0 Å². The maximum atomic E-state index is 12.3. The fourth-order valence-corrected chi connectivity index (χ4v) is 5.49. The lowest BCUT2D eigenvalue weighted by Gasteiger charge is -2.38. The van der Waals surface area contributed by atoms with E-state index in [1.54, 1.807) is 19.3 Å². The maximum absolute atomic E-state index is 12.3. The third-order valence-corrected chi connectivity index (χ3v) is 7.49. The largest absolute Gasteiger partial charge is 0.465 e. The van der Waals surface area contributed by atoms with E-state index >= 15 is 0 Å². The lowest BCUT2D eigenvalue weighted by molar-refractivity contribution is -0.124. The van der Waals surface area contributed by atoms with Crippen LogP contribution in [-0.4, -0.2) is 59.9 Å². The molecule has 2 amide bonds. The minimum absolute atomic E-state index is 0.0255. The molecule has 0 aliphatic carbocycles. The number of carbonyl (C=O) groups is 2. The number of aryl methyl sites for hydroxylation is 1. The molecule has 2 unspecified atom stereocenters. The van der Waals surface area contributed by atoms with Crippen molar-refractivity contribution in [2.45, 2.75) is 24.7 Å². The van der Waals surface area contributed by atoms with Crippen molar-refractivity contribution in [3.8, 4) is 11.1 Å². The first-order valence-electron chi connectivity index (χ1n) is 12.6. The zero-order valence-electron chi connectivity index (χ0n) is 21.5. The van der Waals surface area contributed by atoms with Crippen molar-refractivity contribution in [1.82, 2.24) is 14.8 Å². The van der Waals surface area contributed by atoms with Crippen LogP contribution in [0.1, 0.15) is 34.9 Å². The molecule has 38 heavy (non-hydrogen) atoms. The second-order valence-electron chi connectivity index (χ2n) is 9.57. The highest BCUT2D eigenvalue weighted by molar-refractivity contribution is 6.31. The number of pyridine rings is 1. The molecule has 0 spiro atoms. The monoisotopic (exact) mass is 537 g/mol. The van der Waals surface area contributed by atoms with Gasteiger partial charge >= 0.3 is 6.09 Å². The first kappa shape index (κ1) is 27.4. The Balaban J connectivity index is 1.63. The Morgan fingerprint density at radius 3 is 2.63 bits per heavy atom. The normalized spacial score (nSPS) is 17.3. The third kappa shape index (κ3) is 6.26. The van der Waals surface area contributed by atoms with Crippen LogP contribution in [0.15, 0.2) is 65.6 Å². The Labute approximate surface area is 226 Å². The summed E-state index contributed by atoms with van der Waals surface area (Å²) in [6.07, 6.45) is 2.03. The molecule has 9 heteroatoms. The van der Waals surface area contributed by atoms with Gasteiger partial charge in [0, 0.05) is 57.0 Å². The summed E-state index contributed by atoms with van der Waals surface area (Å²) >= 11 is 6.88. The van der Waals surface area contributed by atoms with Gasteiger partial charge in [0.15, 0.2) is 0 Å². The molecule has 8 nitrogen and oxygen atoms in total. The Kier molecular flexibility index (Phi) is 8.86. The van der Waals surface area contributed by atoms with Crippen LogP contribution in [0.2, 0.25) is 5.02 Å². The average Bonchev–Trinajstić information content (AvgIpc) is 2.90. The molecule has 0 saturated carbocycles. The number of nitrogens with one attached hydrogen (secondary N) is 1. The van der Waals surface area contributed by atoms with Gasteiger partial charge in [-0.05, 0) is 58.7 Å². The first-order chi connectivity index (χ1) is 18.3. The smallest absolute Gasteiger partial charge is 0.407 e. The number of likely N-dealkylation sites (tertiary alicyclic amines) is 1. The van der Waals surface area contributed by atoms with Crippen LogP contribution in [0.25, 0.3) is 11.1 Å². The predicted molar refractivity (Wildman–Crippen MR) is 147 cm³/mol. The molecule has 1 aliphatic rings. The zero-order valence-corrected chi connectivity index (χ0v) is 22.3. The molecule has 1 fully saturated rings. The number of halogens is 1. The Hall–Kier alpha value is -3.62. The summed E-state index contributed by atoms with van der Waals surface area (Å²) in [5.41, 5.74) is 4.68. The lowest BCUT2D eigenvalue weighted by atomic mass is 9.76. The highest BCUT2D eigenvalue weighted by Gasteiger charge is 2.35. The van der Waals surface area contributed by atoms with E-state index in [0.29, 0.717) is 37.5 Å². The van der Waals surface area contributed by atoms with E-state index in [2.05, 4.69) is 5.32 Å². The number of methoxy groups -OCH3 is 1. The summed E-state index contributed by atoms with van der Waals surface area (Å²) in [7, 11) is 3.19. The summed E-state index contributed by atoms with van der Waals surface area (Å²) < 4.78 is 6.38. The lowest BCUT2D eigenvalue weighted by Crippen LogP contribution is -2.41. The van der Waals surface area contributed by atoms with Gasteiger partial charge in [0.25, 0.3) is 5.56 Å². The van der Waals surface area contributed by atoms with Crippen molar-refractivity contribution in [2.75, 3.05) is 33.4 Å². The van der Waals surface area contributed by atoms with Gasteiger partial charge in [-0.25, -0.2) is 4.79 Å². The molecular weight excluding hydrogens is 506 g/mol. The molecule has 200 valence electrons. The number of carbonyl (C=O) groups excluding carboxylic acids is 1. The average molecular weight is 538 g/mol. The van der Waals surface area contributed by atoms with Gasteiger partial charge in [-0.3, -0.25) is 9.59 Å². The van der Waals surface area contributed by atoms with E-state index in [9.17, 15) is 19.5 Å². The van der Waals surface area contributed by atoms with Gasteiger partial charge in [-0.2, -0.15) is 0 Å². The molecule has 2 atom stereocenters. The third-order valence-electron chi connectivity index (χ3n) is 7.16. The standard InChI is InChI=1S/C29H32ClN3O5/c1-32-13-10-21(16-28(32)35)23-11-14-33(29(36)37)17-25(23)24-8-7-20(15-26(24)30)22-6-4-3-5-19(22)9-12-31-27(34)18-38-2/h3-8,10,13,15-16,23,25H,9,11-12,14,17-18H2,1-2H3,(H,31,34)(H,36,37).